The van der Waals surface area contributed by atoms with Crippen LogP contribution >= 0.6 is 22.6 Å². The molecule has 1 fully saturated rings. The molecule has 0 saturated heterocycles. The van der Waals surface area contributed by atoms with Crippen LogP contribution in [-0.2, 0) is 8.34 Å². The molecule has 1 amide bonds. The van der Waals surface area contributed by atoms with Crippen molar-refractivity contribution in [2.75, 3.05) is 24.3 Å². The molecule has 1 aromatic heterocycles. The lowest BCUT2D eigenvalue weighted by Gasteiger charge is -2.32. The minimum Gasteiger partial charge on any atom is -0.362 e. The highest BCUT2D eigenvalue weighted by Gasteiger charge is 2.32. The Morgan fingerprint density at radius 1 is 1.09 bits per heavy atom. The maximum atomic E-state index is 13.0. The number of hydrogen-bond acceptors (Lipinski definition) is 7. The van der Waals surface area contributed by atoms with Crippen molar-refractivity contribution in [2.45, 2.75) is 42.2 Å². The van der Waals surface area contributed by atoms with Gasteiger partial charge < -0.3 is 15.5 Å². The van der Waals surface area contributed by atoms with E-state index in [1.165, 1.54) is 12.1 Å². The standard InChI is InChI=1S/C25H29IN6O3/c1-25(26,17-10-14-19(15-11-17)32(34)35)30-23(33)16-8-12-18(13-9-16)27-24-28-21-7-5-4-6-20(21)22(29-24)31(2)3/h4-7,10-11,14-16,18H,8-9,12-13H2,1-3H3,(H,30,33)(H,27,28,29)/t16?,18?,25-/m1/s1. The van der Waals surface area contributed by atoms with Gasteiger partial charge in [-0.05, 0) is 85.0 Å². The molecule has 0 radical (unpaired) electrons. The van der Waals surface area contributed by atoms with E-state index in [1.54, 1.807) is 12.1 Å². The van der Waals surface area contributed by atoms with Crippen molar-refractivity contribution in [2.24, 2.45) is 5.92 Å². The highest BCUT2D eigenvalue weighted by molar-refractivity contribution is 14.1. The van der Waals surface area contributed by atoms with Crippen LogP contribution in [0.4, 0.5) is 17.5 Å². The lowest BCUT2D eigenvalue weighted by Crippen LogP contribution is -2.43. The number of nitrogens with one attached hydrogen (secondary N) is 2. The van der Waals surface area contributed by atoms with Crippen LogP contribution in [-0.4, -0.2) is 40.9 Å². The molecular formula is C25H29IN6O3. The summed E-state index contributed by atoms with van der Waals surface area (Å²) in [6, 6.07) is 14.5. The van der Waals surface area contributed by atoms with E-state index in [2.05, 4.69) is 33.2 Å². The summed E-state index contributed by atoms with van der Waals surface area (Å²) in [5.41, 5.74) is 1.75. The molecule has 0 bridgehead atoms. The Bertz CT molecular complexity index is 1220. The molecule has 2 N–H and O–H groups in total. The first-order valence-electron chi connectivity index (χ1n) is 11.6. The molecule has 3 aromatic rings. The van der Waals surface area contributed by atoms with Crippen molar-refractivity contribution in [1.29, 1.82) is 0 Å². The van der Waals surface area contributed by atoms with Crippen molar-refractivity contribution in [1.82, 2.24) is 15.3 Å². The van der Waals surface area contributed by atoms with E-state index in [-0.39, 0.29) is 23.6 Å². The Morgan fingerprint density at radius 3 is 2.37 bits per heavy atom. The molecule has 1 heterocycles. The largest absolute Gasteiger partial charge is 0.362 e. The van der Waals surface area contributed by atoms with Crippen LogP contribution < -0.4 is 15.5 Å². The van der Waals surface area contributed by atoms with E-state index >= 15 is 0 Å². The monoisotopic (exact) mass is 588 g/mol. The van der Waals surface area contributed by atoms with Crippen LogP contribution in [0.5, 0.6) is 0 Å². The van der Waals surface area contributed by atoms with Gasteiger partial charge in [0, 0.05) is 43.6 Å². The third-order valence-corrected chi connectivity index (χ3v) is 7.31. The van der Waals surface area contributed by atoms with Crippen LogP contribution in [0.3, 0.4) is 0 Å². The predicted octanol–water partition coefficient (Wildman–Crippen LogP) is 5.00. The number of nitro benzene ring substituents is 1. The van der Waals surface area contributed by atoms with E-state index in [0.717, 1.165) is 48.0 Å². The molecule has 2 aromatic carbocycles. The fraction of sp³-hybridized carbons (Fsp3) is 0.400. The summed E-state index contributed by atoms with van der Waals surface area (Å²) in [5, 5.41) is 18.5. The summed E-state index contributed by atoms with van der Waals surface area (Å²) < 4.78 is -0.652. The van der Waals surface area contributed by atoms with Crippen LogP contribution in [0.2, 0.25) is 0 Å². The minimum absolute atomic E-state index is 0.00977. The molecule has 1 saturated carbocycles. The number of benzene rings is 2. The Labute approximate surface area is 218 Å². The normalized spacial score (nSPS) is 19.5. The first-order valence-corrected chi connectivity index (χ1v) is 12.7. The summed E-state index contributed by atoms with van der Waals surface area (Å²) in [6.07, 6.45) is 3.23. The van der Waals surface area contributed by atoms with Crippen molar-refractivity contribution < 1.29 is 9.72 Å². The third kappa shape index (κ3) is 5.80. The fourth-order valence-electron chi connectivity index (χ4n) is 4.45. The maximum absolute atomic E-state index is 13.0. The van der Waals surface area contributed by atoms with Crippen molar-refractivity contribution in [3.63, 3.8) is 0 Å². The number of aromatic nitrogens is 2. The SMILES string of the molecule is CN(C)c1nc(NC2CCC(C(=O)N[C@@](C)(I)c3ccc([N+](=O)[O-])cc3)CC2)nc2ccccc12. The van der Waals surface area contributed by atoms with Gasteiger partial charge in [-0.1, -0.05) is 12.1 Å². The Hall–Kier alpha value is -3.02. The van der Waals surface area contributed by atoms with E-state index < -0.39 is 8.47 Å². The maximum Gasteiger partial charge on any atom is 0.269 e. The topological polar surface area (TPSA) is 113 Å². The number of hydrogen-bond donors (Lipinski definition) is 2. The highest BCUT2D eigenvalue weighted by Crippen LogP contribution is 2.33. The second-order valence-corrected chi connectivity index (χ2v) is 11.4. The molecule has 1 aliphatic rings. The zero-order valence-electron chi connectivity index (χ0n) is 20.0. The summed E-state index contributed by atoms with van der Waals surface area (Å²) in [6.45, 7) is 1.90. The van der Waals surface area contributed by atoms with Crippen molar-refractivity contribution >= 4 is 56.9 Å². The van der Waals surface area contributed by atoms with Crippen LogP contribution in [0, 0.1) is 16.0 Å². The smallest absolute Gasteiger partial charge is 0.269 e. The van der Waals surface area contributed by atoms with E-state index in [1.807, 2.05) is 50.2 Å². The number of anilines is 2. The summed E-state index contributed by atoms with van der Waals surface area (Å²) in [4.78, 5) is 34.9. The zero-order valence-corrected chi connectivity index (χ0v) is 22.2. The summed E-state index contributed by atoms with van der Waals surface area (Å²) >= 11 is 2.18. The second-order valence-electron chi connectivity index (χ2n) is 9.27. The summed E-state index contributed by atoms with van der Waals surface area (Å²) in [7, 11) is 3.94. The number of carbonyl (C=O) groups is 1. The number of amides is 1. The molecular weight excluding hydrogens is 559 g/mol. The van der Waals surface area contributed by atoms with Gasteiger partial charge in [-0.2, -0.15) is 4.98 Å². The van der Waals surface area contributed by atoms with Gasteiger partial charge in [-0.15, -0.1) is 0 Å². The molecule has 184 valence electrons. The van der Waals surface area contributed by atoms with Crippen LogP contribution in [0.15, 0.2) is 48.5 Å². The Balaban J connectivity index is 1.36. The molecule has 1 aliphatic carbocycles. The number of para-hydroxylation sites is 1. The quantitative estimate of drug-likeness (QED) is 0.131. The minimum atomic E-state index is -0.652. The van der Waals surface area contributed by atoms with Gasteiger partial charge in [0.25, 0.3) is 5.69 Å². The average Bonchev–Trinajstić information content (AvgIpc) is 2.83. The molecule has 0 aliphatic heterocycles. The number of alkyl halides is 1. The van der Waals surface area contributed by atoms with Crippen LogP contribution in [0.1, 0.15) is 38.2 Å². The zero-order chi connectivity index (χ0) is 25.2. The van der Waals surface area contributed by atoms with E-state index in [4.69, 9.17) is 9.97 Å². The number of halogens is 1. The first kappa shape index (κ1) is 25.1. The molecule has 1 atom stereocenters. The first-order chi connectivity index (χ1) is 16.6. The molecule has 0 unspecified atom stereocenters. The van der Waals surface area contributed by atoms with Gasteiger partial charge in [0.2, 0.25) is 11.9 Å². The molecule has 0 spiro atoms. The van der Waals surface area contributed by atoms with Gasteiger partial charge in [0.15, 0.2) is 0 Å². The lowest BCUT2D eigenvalue weighted by molar-refractivity contribution is -0.384. The number of carbonyl (C=O) groups excluding carboxylic acids is 1. The second kappa shape index (κ2) is 10.3. The summed E-state index contributed by atoms with van der Waals surface area (Å²) in [5.74, 6) is 1.42. The van der Waals surface area contributed by atoms with Gasteiger partial charge in [0.05, 0.1) is 10.4 Å². The molecule has 4 rings (SSSR count). The average molecular weight is 588 g/mol. The molecule has 9 nitrogen and oxygen atoms in total. The highest BCUT2D eigenvalue weighted by atomic mass is 127. The number of nitrogens with zero attached hydrogens (tertiary/aromatic N) is 4. The van der Waals surface area contributed by atoms with Crippen molar-refractivity contribution in [3.05, 3.63) is 64.2 Å². The number of nitro groups is 1. The van der Waals surface area contributed by atoms with Gasteiger partial charge >= 0.3 is 0 Å². The predicted molar refractivity (Wildman–Crippen MR) is 146 cm³/mol. The Morgan fingerprint density at radius 2 is 1.74 bits per heavy atom. The molecule has 35 heavy (non-hydrogen) atoms. The van der Waals surface area contributed by atoms with Gasteiger partial charge in [-0.3, -0.25) is 14.9 Å². The number of rotatable bonds is 7. The van der Waals surface area contributed by atoms with Crippen molar-refractivity contribution in [3.8, 4) is 0 Å². The molecule has 10 heteroatoms. The number of non-ortho nitro benzene ring substituents is 1. The third-order valence-electron chi connectivity index (χ3n) is 6.42. The Kier molecular flexibility index (Phi) is 7.39. The van der Waals surface area contributed by atoms with E-state index in [0.29, 0.717) is 5.95 Å². The van der Waals surface area contributed by atoms with Crippen LogP contribution in [0.25, 0.3) is 10.9 Å². The fourth-order valence-corrected chi connectivity index (χ4v) is 5.07. The van der Waals surface area contributed by atoms with Gasteiger partial charge in [-0.25, -0.2) is 4.98 Å². The van der Waals surface area contributed by atoms with Gasteiger partial charge in [0.1, 0.15) is 9.36 Å². The van der Waals surface area contributed by atoms with E-state index in [9.17, 15) is 14.9 Å². The lowest BCUT2D eigenvalue weighted by atomic mass is 9.85. The number of fused-ring (bicyclic) bond motifs is 1.